The van der Waals surface area contributed by atoms with Gasteiger partial charge in [0.1, 0.15) is 18.8 Å². The highest BCUT2D eigenvalue weighted by molar-refractivity contribution is 5.79. The van der Waals surface area contributed by atoms with Gasteiger partial charge in [-0.05, 0) is 5.53 Å². The van der Waals surface area contributed by atoms with Gasteiger partial charge >= 0.3 is 12.1 Å². The van der Waals surface area contributed by atoms with E-state index in [1.165, 1.54) is 6.08 Å². The van der Waals surface area contributed by atoms with Gasteiger partial charge < -0.3 is 15.2 Å². The van der Waals surface area contributed by atoms with Gasteiger partial charge in [0.2, 0.25) is 0 Å². The number of carboxylic acid groups (broad SMARTS) is 1. The van der Waals surface area contributed by atoms with Crippen LogP contribution in [0.5, 0.6) is 0 Å². The second-order valence-electron chi connectivity index (χ2n) is 3.17. The Labute approximate surface area is 102 Å². The summed E-state index contributed by atoms with van der Waals surface area (Å²) in [6, 6.07) is -1.45. The third-order valence-electron chi connectivity index (χ3n) is 1.76. The lowest BCUT2D eigenvalue weighted by molar-refractivity contribution is -0.139. The number of alkyl halides is 1. The first-order valence-corrected chi connectivity index (χ1v) is 4.93. The molecule has 0 saturated carbocycles. The van der Waals surface area contributed by atoms with E-state index in [1.807, 2.05) is 5.32 Å². The maximum atomic E-state index is 13.2. The molecule has 0 aromatic carbocycles. The molecule has 0 aromatic rings. The lowest BCUT2D eigenvalue weighted by Crippen LogP contribution is -2.43. The minimum atomic E-state index is -1.67. The van der Waals surface area contributed by atoms with Crippen molar-refractivity contribution in [2.24, 2.45) is 5.11 Å². The number of nitrogens with one attached hydrogen (secondary N) is 1. The van der Waals surface area contributed by atoms with Crippen LogP contribution in [0.2, 0.25) is 0 Å². The summed E-state index contributed by atoms with van der Waals surface area (Å²) in [5, 5.41) is 13.7. The predicted molar refractivity (Wildman–Crippen MR) is 59.6 cm³/mol. The number of rotatable bonds is 8. The SMILES string of the molecule is C=CCOC(=O)N[C@@H](C[C@@H](F)CN=[N+]=[N-])C(=O)O. The number of halogens is 1. The number of ether oxygens (including phenoxy) is 1. The van der Waals surface area contributed by atoms with Gasteiger partial charge in [0.15, 0.2) is 0 Å². The van der Waals surface area contributed by atoms with Crippen LogP contribution in [-0.4, -0.2) is 42.5 Å². The maximum Gasteiger partial charge on any atom is 0.408 e. The van der Waals surface area contributed by atoms with Crippen molar-refractivity contribution in [2.75, 3.05) is 13.2 Å². The van der Waals surface area contributed by atoms with Gasteiger partial charge in [0.05, 0.1) is 6.54 Å². The summed E-state index contributed by atoms with van der Waals surface area (Å²) in [6.45, 7) is 2.72. The first-order chi connectivity index (χ1) is 8.51. The Morgan fingerprint density at radius 3 is 2.83 bits per heavy atom. The molecule has 0 aliphatic carbocycles. The molecular weight excluding hydrogens is 247 g/mol. The zero-order valence-corrected chi connectivity index (χ0v) is 9.45. The van der Waals surface area contributed by atoms with Crippen LogP contribution in [0.3, 0.4) is 0 Å². The van der Waals surface area contributed by atoms with Crippen molar-refractivity contribution in [1.82, 2.24) is 5.32 Å². The van der Waals surface area contributed by atoms with Gasteiger partial charge in [0.25, 0.3) is 0 Å². The van der Waals surface area contributed by atoms with Gasteiger partial charge in [-0.15, -0.1) is 0 Å². The zero-order valence-electron chi connectivity index (χ0n) is 9.45. The molecule has 0 bridgehead atoms. The lowest BCUT2D eigenvalue weighted by Gasteiger charge is -2.15. The van der Waals surface area contributed by atoms with E-state index in [0.717, 1.165) is 0 Å². The minimum absolute atomic E-state index is 0.0873. The molecule has 0 rings (SSSR count). The van der Waals surface area contributed by atoms with Crippen molar-refractivity contribution >= 4 is 12.1 Å². The molecule has 0 heterocycles. The Hall–Kier alpha value is -2.28. The molecule has 0 radical (unpaired) electrons. The quantitative estimate of drug-likeness (QED) is 0.296. The predicted octanol–water partition coefficient (Wildman–Crippen LogP) is 1.39. The van der Waals surface area contributed by atoms with Gasteiger partial charge in [-0.3, -0.25) is 0 Å². The van der Waals surface area contributed by atoms with E-state index in [0.29, 0.717) is 0 Å². The van der Waals surface area contributed by atoms with Gasteiger partial charge in [-0.25, -0.2) is 14.0 Å². The van der Waals surface area contributed by atoms with Crippen molar-refractivity contribution in [3.8, 4) is 0 Å². The molecule has 1 amide bonds. The molecule has 0 spiro atoms. The summed E-state index contributed by atoms with van der Waals surface area (Å²) in [5.41, 5.74) is 7.98. The van der Waals surface area contributed by atoms with E-state index in [9.17, 15) is 14.0 Å². The largest absolute Gasteiger partial charge is 0.480 e. The molecule has 0 saturated heterocycles. The van der Waals surface area contributed by atoms with Crippen LogP contribution >= 0.6 is 0 Å². The monoisotopic (exact) mass is 260 g/mol. The molecule has 0 aliphatic heterocycles. The normalized spacial score (nSPS) is 12.7. The van der Waals surface area contributed by atoms with E-state index in [-0.39, 0.29) is 6.61 Å². The summed E-state index contributed by atoms with van der Waals surface area (Å²) in [4.78, 5) is 24.2. The number of carbonyl (C=O) groups is 2. The Kier molecular flexibility index (Phi) is 7.71. The second kappa shape index (κ2) is 8.82. The maximum absolute atomic E-state index is 13.2. The fraction of sp³-hybridized carbons (Fsp3) is 0.556. The smallest absolute Gasteiger partial charge is 0.408 e. The number of alkyl carbamates (subject to hydrolysis) is 1. The minimum Gasteiger partial charge on any atom is -0.480 e. The first kappa shape index (κ1) is 15.7. The van der Waals surface area contributed by atoms with Crippen LogP contribution in [0, 0.1) is 0 Å². The molecule has 9 heteroatoms. The number of hydrogen-bond acceptors (Lipinski definition) is 4. The number of amides is 1. The van der Waals surface area contributed by atoms with E-state index in [4.69, 9.17) is 10.6 Å². The number of azide groups is 1. The summed E-state index contributed by atoms with van der Waals surface area (Å²) in [7, 11) is 0. The van der Waals surface area contributed by atoms with Crippen LogP contribution in [-0.2, 0) is 9.53 Å². The zero-order chi connectivity index (χ0) is 14.0. The fourth-order valence-electron chi connectivity index (χ4n) is 0.995. The van der Waals surface area contributed by atoms with Gasteiger partial charge in [0, 0.05) is 11.3 Å². The molecule has 18 heavy (non-hydrogen) atoms. The third kappa shape index (κ3) is 7.07. The highest BCUT2D eigenvalue weighted by atomic mass is 19.1. The van der Waals surface area contributed by atoms with Crippen molar-refractivity contribution in [3.63, 3.8) is 0 Å². The average molecular weight is 260 g/mol. The molecule has 2 atom stereocenters. The number of carboxylic acids is 1. The average Bonchev–Trinajstić information content (AvgIpc) is 2.32. The molecule has 2 N–H and O–H groups in total. The van der Waals surface area contributed by atoms with E-state index < -0.39 is 37.2 Å². The molecule has 8 nitrogen and oxygen atoms in total. The third-order valence-corrected chi connectivity index (χ3v) is 1.76. The summed E-state index contributed by atoms with van der Waals surface area (Å²) >= 11 is 0. The molecule has 0 unspecified atom stereocenters. The highest BCUT2D eigenvalue weighted by Gasteiger charge is 2.24. The number of aliphatic carboxylic acids is 1. The van der Waals surface area contributed by atoms with E-state index in [1.54, 1.807) is 0 Å². The van der Waals surface area contributed by atoms with Gasteiger partial charge in [-0.1, -0.05) is 17.8 Å². The van der Waals surface area contributed by atoms with Crippen molar-refractivity contribution in [2.45, 2.75) is 18.6 Å². The second-order valence-corrected chi connectivity index (χ2v) is 3.17. The lowest BCUT2D eigenvalue weighted by atomic mass is 10.1. The summed E-state index contributed by atoms with van der Waals surface area (Å²) in [6.07, 6.45) is -1.87. The van der Waals surface area contributed by atoms with Crippen LogP contribution in [0.4, 0.5) is 9.18 Å². The number of hydrogen-bond donors (Lipinski definition) is 2. The van der Waals surface area contributed by atoms with Crippen LogP contribution < -0.4 is 5.32 Å². The Morgan fingerprint density at radius 2 is 2.33 bits per heavy atom. The van der Waals surface area contributed by atoms with Gasteiger partial charge in [-0.2, -0.15) is 0 Å². The van der Waals surface area contributed by atoms with Crippen LogP contribution in [0.25, 0.3) is 10.4 Å². The molecule has 0 aromatic heterocycles. The van der Waals surface area contributed by atoms with Crippen LogP contribution in [0.15, 0.2) is 17.8 Å². The number of carbonyl (C=O) groups excluding carboxylic acids is 1. The van der Waals surface area contributed by atoms with Crippen molar-refractivity contribution in [3.05, 3.63) is 23.1 Å². The van der Waals surface area contributed by atoms with Crippen molar-refractivity contribution in [1.29, 1.82) is 0 Å². The molecule has 0 fully saturated rings. The Balaban J connectivity index is 4.29. The molecule has 100 valence electrons. The Bertz CT molecular complexity index is 356. The van der Waals surface area contributed by atoms with Crippen molar-refractivity contribution < 1.29 is 23.8 Å². The topological polar surface area (TPSA) is 124 Å². The standard InChI is InChI=1S/C9H13FN4O4/c1-2-3-18-9(17)13-7(8(15)16)4-6(10)5-12-14-11/h2,6-7H,1,3-5H2,(H,13,17)(H,15,16)/t6-,7+/m1/s1. The van der Waals surface area contributed by atoms with E-state index in [2.05, 4.69) is 21.3 Å². The molecule has 0 aliphatic rings. The molecular formula is C9H13FN4O4. The summed E-state index contributed by atoms with van der Waals surface area (Å²) in [5.74, 6) is -1.41. The van der Waals surface area contributed by atoms with Crippen LogP contribution in [0.1, 0.15) is 6.42 Å². The van der Waals surface area contributed by atoms with E-state index >= 15 is 0 Å². The summed E-state index contributed by atoms with van der Waals surface area (Å²) < 4.78 is 17.7. The first-order valence-electron chi connectivity index (χ1n) is 4.93. The fourth-order valence-corrected chi connectivity index (χ4v) is 0.995. The Morgan fingerprint density at radius 1 is 1.67 bits per heavy atom. The highest BCUT2D eigenvalue weighted by Crippen LogP contribution is 2.04. The number of nitrogens with zero attached hydrogens (tertiary/aromatic N) is 3.